The Morgan fingerprint density at radius 3 is 2.13 bits per heavy atom. The molecule has 1 aromatic heterocycles. The Kier molecular flexibility index (Phi) is 3.97. The maximum atomic E-state index is 2.36. The summed E-state index contributed by atoms with van der Waals surface area (Å²) in [7, 11) is 0. The molecule has 0 saturated carbocycles. The number of benzene rings is 5. The molecule has 0 radical (unpaired) electrons. The minimum absolute atomic E-state index is 1.27. The van der Waals surface area contributed by atoms with E-state index in [2.05, 4.69) is 110 Å². The van der Waals surface area contributed by atoms with Gasteiger partial charge in [0.25, 0.3) is 0 Å². The zero-order chi connectivity index (χ0) is 20.1. The van der Waals surface area contributed by atoms with Crippen molar-refractivity contribution in [3.63, 3.8) is 0 Å². The molecular formula is C29H20S. The lowest BCUT2D eigenvalue weighted by atomic mass is 9.95. The number of rotatable bonds is 2. The van der Waals surface area contributed by atoms with Crippen LogP contribution in [0.4, 0.5) is 0 Å². The maximum Gasteiger partial charge on any atom is 0.0440 e. The van der Waals surface area contributed by atoms with Crippen molar-refractivity contribution in [2.24, 2.45) is 0 Å². The van der Waals surface area contributed by atoms with E-state index in [4.69, 9.17) is 0 Å². The van der Waals surface area contributed by atoms with Gasteiger partial charge in [-0.25, -0.2) is 0 Å². The maximum absolute atomic E-state index is 2.36. The van der Waals surface area contributed by atoms with Crippen LogP contribution < -0.4 is 0 Å². The molecule has 5 aromatic carbocycles. The Hall–Kier alpha value is -3.42. The zero-order valence-electron chi connectivity index (χ0n) is 16.7. The monoisotopic (exact) mass is 400 g/mol. The molecule has 0 aliphatic rings. The predicted molar refractivity (Wildman–Crippen MR) is 132 cm³/mol. The third-order valence-corrected chi connectivity index (χ3v) is 7.18. The molecule has 6 aromatic rings. The van der Waals surface area contributed by atoms with E-state index in [1.165, 1.54) is 58.8 Å². The van der Waals surface area contributed by atoms with Crippen LogP contribution in [0.25, 0.3) is 53.2 Å². The summed E-state index contributed by atoms with van der Waals surface area (Å²) in [5, 5.41) is 5.36. The van der Waals surface area contributed by atoms with Crippen LogP contribution in [0.2, 0.25) is 0 Å². The summed E-state index contributed by atoms with van der Waals surface area (Å²) in [6, 6.07) is 37.5. The van der Waals surface area contributed by atoms with Gasteiger partial charge >= 0.3 is 0 Å². The van der Waals surface area contributed by atoms with E-state index in [1.54, 1.807) is 0 Å². The van der Waals surface area contributed by atoms with Crippen molar-refractivity contribution in [3.05, 3.63) is 109 Å². The fourth-order valence-corrected chi connectivity index (χ4v) is 5.91. The van der Waals surface area contributed by atoms with Crippen LogP contribution in [-0.2, 0) is 0 Å². The van der Waals surface area contributed by atoms with Gasteiger partial charge < -0.3 is 0 Å². The molecular weight excluding hydrogens is 380 g/mol. The Bertz CT molecular complexity index is 1540. The predicted octanol–water partition coefficient (Wildman–Crippen LogP) is 8.85. The first kappa shape index (κ1) is 17.4. The van der Waals surface area contributed by atoms with Gasteiger partial charge in [-0.05, 0) is 40.5 Å². The highest BCUT2D eigenvalue weighted by atomic mass is 32.1. The van der Waals surface area contributed by atoms with Gasteiger partial charge in [-0.3, -0.25) is 0 Å². The van der Waals surface area contributed by atoms with E-state index in [-0.39, 0.29) is 0 Å². The minimum atomic E-state index is 1.27. The highest BCUT2D eigenvalue weighted by molar-refractivity contribution is 7.27. The number of hydrogen-bond donors (Lipinski definition) is 0. The molecule has 30 heavy (non-hydrogen) atoms. The molecule has 0 unspecified atom stereocenters. The van der Waals surface area contributed by atoms with Crippen LogP contribution in [0, 0.1) is 6.92 Å². The van der Waals surface area contributed by atoms with Gasteiger partial charge in [-0.1, -0.05) is 103 Å². The fourth-order valence-electron chi connectivity index (χ4n) is 4.52. The van der Waals surface area contributed by atoms with E-state index in [0.29, 0.717) is 0 Å². The van der Waals surface area contributed by atoms with E-state index in [9.17, 15) is 0 Å². The Morgan fingerprint density at radius 2 is 1.27 bits per heavy atom. The third kappa shape index (κ3) is 2.67. The second-order valence-corrected chi connectivity index (χ2v) is 8.89. The average molecular weight is 401 g/mol. The number of fused-ring (bicyclic) bond motifs is 5. The molecule has 0 spiro atoms. The quantitative estimate of drug-likeness (QED) is 0.272. The second-order valence-electron chi connectivity index (χ2n) is 7.87. The molecule has 6 rings (SSSR count). The highest BCUT2D eigenvalue weighted by Crippen LogP contribution is 2.46. The third-order valence-electron chi connectivity index (χ3n) is 5.90. The van der Waals surface area contributed by atoms with Crippen LogP contribution >= 0.6 is 11.3 Å². The number of aryl methyl sites for hydroxylation is 1. The smallest absolute Gasteiger partial charge is 0.0440 e. The molecule has 0 aliphatic carbocycles. The number of hydrogen-bond acceptors (Lipinski definition) is 1. The average Bonchev–Trinajstić information content (AvgIpc) is 3.19. The minimum Gasteiger partial charge on any atom is -0.134 e. The largest absolute Gasteiger partial charge is 0.134 e. The van der Waals surface area contributed by atoms with Gasteiger partial charge in [0.1, 0.15) is 0 Å². The first-order valence-corrected chi connectivity index (χ1v) is 11.1. The lowest BCUT2D eigenvalue weighted by Crippen LogP contribution is -1.81. The molecule has 142 valence electrons. The first-order chi connectivity index (χ1) is 14.8. The number of thiophene rings is 1. The van der Waals surface area contributed by atoms with Crippen molar-refractivity contribution in [2.75, 3.05) is 0 Å². The van der Waals surface area contributed by atoms with Crippen molar-refractivity contribution in [1.29, 1.82) is 0 Å². The van der Waals surface area contributed by atoms with Crippen LogP contribution in [0.5, 0.6) is 0 Å². The summed E-state index contributed by atoms with van der Waals surface area (Å²) < 4.78 is 2.74. The summed E-state index contributed by atoms with van der Waals surface area (Å²) in [4.78, 5) is 0. The van der Waals surface area contributed by atoms with E-state index in [1.807, 2.05) is 11.3 Å². The van der Waals surface area contributed by atoms with Crippen molar-refractivity contribution < 1.29 is 0 Å². The van der Waals surface area contributed by atoms with Gasteiger partial charge in [0.05, 0.1) is 0 Å². The molecule has 0 aliphatic heterocycles. The van der Waals surface area contributed by atoms with Crippen LogP contribution in [0.15, 0.2) is 103 Å². The van der Waals surface area contributed by atoms with Gasteiger partial charge in [0, 0.05) is 25.7 Å². The zero-order valence-corrected chi connectivity index (χ0v) is 17.5. The lowest BCUT2D eigenvalue weighted by molar-refractivity contribution is 1.47. The summed E-state index contributed by atoms with van der Waals surface area (Å²) in [6.07, 6.45) is 0. The van der Waals surface area contributed by atoms with Crippen LogP contribution in [0.1, 0.15) is 5.56 Å². The summed E-state index contributed by atoms with van der Waals surface area (Å²) in [5.74, 6) is 0. The molecule has 0 nitrogen and oxygen atoms in total. The van der Waals surface area contributed by atoms with Crippen molar-refractivity contribution in [2.45, 2.75) is 6.92 Å². The second kappa shape index (κ2) is 6.83. The molecule has 0 atom stereocenters. The van der Waals surface area contributed by atoms with Crippen LogP contribution in [0.3, 0.4) is 0 Å². The van der Waals surface area contributed by atoms with Crippen molar-refractivity contribution in [1.82, 2.24) is 0 Å². The molecule has 0 N–H and O–H groups in total. The molecule has 0 amide bonds. The van der Waals surface area contributed by atoms with E-state index >= 15 is 0 Å². The Morgan fingerprint density at radius 1 is 0.533 bits per heavy atom. The van der Waals surface area contributed by atoms with Gasteiger partial charge in [0.2, 0.25) is 0 Å². The fraction of sp³-hybridized carbons (Fsp3) is 0.0345. The van der Waals surface area contributed by atoms with E-state index < -0.39 is 0 Å². The van der Waals surface area contributed by atoms with Crippen molar-refractivity contribution >= 4 is 42.3 Å². The standard InChI is InChI=1S/C29H20S/c1-19-9-7-13-21(17-19)24-15-8-16-25-27-23-14-6-5-12-22(23)18-26(29(27)30-28(24)25)20-10-3-2-4-11-20/h2-18H,1H3. The molecule has 0 fully saturated rings. The van der Waals surface area contributed by atoms with Crippen LogP contribution in [-0.4, -0.2) is 0 Å². The highest BCUT2D eigenvalue weighted by Gasteiger charge is 2.16. The topological polar surface area (TPSA) is 0 Å². The summed E-state index contributed by atoms with van der Waals surface area (Å²) in [6.45, 7) is 2.16. The normalized spacial score (nSPS) is 11.5. The van der Waals surface area contributed by atoms with Gasteiger partial charge in [-0.2, -0.15) is 0 Å². The lowest BCUT2D eigenvalue weighted by Gasteiger charge is -2.08. The molecule has 1 heterocycles. The Balaban J connectivity index is 1.79. The van der Waals surface area contributed by atoms with Gasteiger partial charge in [0.15, 0.2) is 0 Å². The van der Waals surface area contributed by atoms with Crippen molar-refractivity contribution in [3.8, 4) is 22.3 Å². The summed E-state index contributed by atoms with van der Waals surface area (Å²) >= 11 is 1.93. The van der Waals surface area contributed by atoms with Gasteiger partial charge in [-0.15, -0.1) is 11.3 Å². The SMILES string of the molecule is Cc1cccc(-c2cccc3c2sc2c(-c4ccccc4)cc4ccccc4c23)c1. The molecule has 0 saturated heterocycles. The molecule has 0 bridgehead atoms. The first-order valence-electron chi connectivity index (χ1n) is 10.3. The molecule has 1 heteroatoms. The van der Waals surface area contributed by atoms with E-state index in [0.717, 1.165) is 0 Å². The Labute approximate surface area is 180 Å². The summed E-state index contributed by atoms with van der Waals surface area (Å²) in [5.41, 5.74) is 6.50.